The first kappa shape index (κ1) is 12.5. The molecule has 1 N–H and O–H groups in total. The monoisotopic (exact) mass is 252 g/mol. The fraction of sp³-hybridized carbons (Fsp3) is 0.636. The van der Waals surface area contributed by atoms with E-state index in [1.54, 1.807) is 6.92 Å². The summed E-state index contributed by atoms with van der Waals surface area (Å²) in [4.78, 5) is 21.2. The molecule has 0 bridgehead atoms. The first-order valence-corrected chi connectivity index (χ1v) is 5.85. The van der Waals surface area contributed by atoms with Crippen molar-refractivity contribution in [2.45, 2.75) is 45.8 Å². The molecular weight excluding hydrogens is 236 g/mol. The van der Waals surface area contributed by atoms with Gasteiger partial charge >= 0.3 is 0 Å². The second-order valence-electron chi connectivity index (χ2n) is 4.47. The first-order chi connectivity index (χ1) is 8.53. The van der Waals surface area contributed by atoms with Gasteiger partial charge in [-0.1, -0.05) is 17.2 Å². The molecule has 0 saturated carbocycles. The lowest BCUT2D eigenvalue weighted by atomic mass is 9.99. The highest BCUT2D eigenvalue weighted by Gasteiger charge is 2.40. The number of aromatic nitrogens is 2. The van der Waals surface area contributed by atoms with Crippen LogP contribution in [0, 0.1) is 0 Å². The standard InChI is InChI=1S/C11H16N4O3/c1-4-8-13-9(17-15-8)6-12-10(16)11(3)5-7(2)14-18-11/h4-6H2,1-3H3,(H,12,16). The second-order valence-corrected chi connectivity index (χ2v) is 4.47. The van der Waals surface area contributed by atoms with Crippen LogP contribution in [0.1, 0.15) is 38.9 Å². The number of nitrogens with one attached hydrogen (secondary N) is 1. The number of rotatable bonds is 4. The van der Waals surface area contributed by atoms with Crippen LogP contribution in [0.2, 0.25) is 0 Å². The highest BCUT2D eigenvalue weighted by atomic mass is 16.7. The maximum Gasteiger partial charge on any atom is 0.267 e. The summed E-state index contributed by atoms with van der Waals surface area (Å²) in [7, 11) is 0. The molecule has 1 aromatic heterocycles. The number of aryl methyl sites for hydroxylation is 1. The van der Waals surface area contributed by atoms with E-state index in [1.807, 2.05) is 13.8 Å². The van der Waals surface area contributed by atoms with Crippen LogP contribution in [-0.4, -0.2) is 27.4 Å². The fourth-order valence-electron chi connectivity index (χ4n) is 1.70. The normalized spacial score (nSPS) is 22.5. The maximum absolute atomic E-state index is 12.0. The van der Waals surface area contributed by atoms with Crippen LogP contribution in [0.4, 0.5) is 0 Å². The predicted octanol–water partition coefficient (Wildman–Crippen LogP) is 0.803. The lowest BCUT2D eigenvalue weighted by molar-refractivity contribution is -0.142. The zero-order valence-electron chi connectivity index (χ0n) is 10.7. The molecule has 0 fully saturated rings. The van der Waals surface area contributed by atoms with Crippen molar-refractivity contribution >= 4 is 11.6 Å². The van der Waals surface area contributed by atoms with Gasteiger partial charge in [-0.15, -0.1) is 0 Å². The van der Waals surface area contributed by atoms with Gasteiger partial charge in [0.1, 0.15) is 0 Å². The van der Waals surface area contributed by atoms with E-state index in [4.69, 9.17) is 9.36 Å². The molecule has 0 spiro atoms. The Morgan fingerprint density at radius 3 is 2.89 bits per heavy atom. The smallest absolute Gasteiger partial charge is 0.267 e. The van der Waals surface area contributed by atoms with E-state index in [0.29, 0.717) is 24.6 Å². The van der Waals surface area contributed by atoms with Crippen molar-refractivity contribution in [1.29, 1.82) is 0 Å². The van der Waals surface area contributed by atoms with Gasteiger partial charge in [0.15, 0.2) is 5.82 Å². The molecule has 1 unspecified atom stereocenters. The third kappa shape index (κ3) is 2.49. The summed E-state index contributed by atoms with van der Waals surface area (Å²) in [6, 6.07) is 0. The van der Waals surface area contributed by atoms with Crippen molar-refractivity contribution in [2.24, 2.45) is 5.16 Å². The number of hydrogen-bond donors (Lipinski definition) is 1. The number of nitrogens with zero attached hydrogens (tertiary/aromatic N) is 3. The molecule has 1 aliphatic heterocycles. The molecule has 0 aromatic carbocycles. The Labute approximate surface area is 105 Å². The summed E-state index contributed by atoms with van der Waals surface area (Å²) in [6.45, 7) is 5.66. The van der Waals surface area contributed by atoms with E-state index in [9.17, 15) is 4.79 Å². The molecule has 18 heavy (non-hydrogen) atoms. The molecule has 0 radical (unpaired) electrons. The minimum atomic E-state index is -0.933. The van der Waals surface area contributed by atoms with Gasteiger partial charge in [-0.3, -0.25) is 4.79 Å². The van der Waals surface area contributed by atoms with Crippen LogP contribution in [-0.2, 0) is 22.6 Å². The van der Waals surface area contributed by atoms with Gasteiger partial charge in [-0.25, -0.2) is 0 Å². The van der Waals surface area contributed by atoms with Crippen LogP contribution < -0.4 is 5.32 Å². The van der Waals surface area contributed by atoms with Crippen molar-refractivity contribution in [3.63, 3.8) is 0 Å². The van der Waals surface area contributed by atoms with Gasteiger partial charge in [-0.05, 0) is 13.8 Å². The minimum absolute atomic E-state index is 0.198. The molecule has 2 rings (SSSR count). The van der Waals surface area contributed by atoms with Gasteiger partial charge in [0.2, 0.25) is 11.5 Å². The van der Waals surface area contributed by atoms with Crippen molar-refractivity contribution in [2.75, 3.05) is 0 Å². The van der Waals surface area contributed by atoms with Crippen LogP contribution in [0.15, 0.2) is 9.68 Å². The predicted molar refractivity (Wildman–Crippen MR) is 62.7 cm³/mol. The van der Waals surface area contributed by atoms with E-state index in [2.05, 4.69) is 20.6 Å². The average molecular weight is 252 g/mol. The van der Waals surface area contributed by atoms with Crippen LogP contribution in [0.25, 0.3) is 0 Å². The Hall–Kier alpha value is -1.92. The minimum Gasteiger partial charge on any atom is -0.379 e. The van der Waals surface area contributed by atoms with Crippen molar-refractivity contribution in [3.8, 4) is 0 Å². The third-order valence-electron chi connectivity index (χ3n) is 2.70. The molecular formula is C11H16N4O3. The Morgan fingerprint density at radius 2 is 2.33 bits per heavy atom. The Bertz CT molecular complexity index is 482. The van der Waals surface area contributed by atoms with Gasteiger partial charge < -0.3 is 14.7 Å². The maximum atomic E-state index is 12.0. The Kier molecular flexibility index (Phi) is 3.31. The zero-order valence-corrected chi connectivity index (χ0v) is 10.7. The molecule has 1 aliphatic rings. The number of hydrogen-bond acceptors (Lipinski definition) is 6. The largest absolute Gasteiger partial charge is 0.379 e. The second kappa shape index (κ2) is 4.75. The van der Waals surface area contributed by atoms with Gasteiger partial charge in [0, 0.05) is 12.8 Å². The van der Waals surface area contributed by atoms with E-state index in [1.165, 1.54) is 0 Å². The summed E-state index contributed by atoms with van der Waals surface area (Å²) in [6.07, 6.45) is 1.19. The van der Waals surface area contributed by atoms with E-state index >= 15 is 0 Å². The number of oxime groups is 1. The molecule has 98 valence electrons. The van der Waals surface area contributed by atoms with Gasteiger partial charge in [0.05, 0.1) is 12.3 Å². The van der Waals surface area contributed by atoms with Crippen molar-refractivity contribution < 1.29 is 14.2 Å². The van der Waals surface area contributed by atoms with Crippen molar-refractivity contribution in [1.82, 2.24) is 15.5 Å². The summed E-state index contributed by atoms with van der Waals surface area (Å²) in [5, 5.41) is 10.2. The number of carbonyl (C=O) groups is 1. The zero-order chi connectivity index (χ0) is 13.2. The SMILES string of the molecule is CCc1noc(CNC(=O)C2(C)CC(C)=NO2)n1. The molecule has 7 nitrogen and oxygen atoms in total. The molecule has 1 amide bonds. The third-order valence-corrected chi connectivity index (χ3v) is 2.70. The van der Waals surface area contributed by atoms with Gasteiger partial charge in [0.25, 0.3) is 5.91 Å². The Balaban J connectivity index is 1.89. The quantitative estimate of drug-likeness (QED) is 0.856. The van der Waals surface area contributed by atoms with Crippen LogP contribution >= 0.6 is 0 Å². The lowest BCUT2D eigenvalue weighted by Crippen LogP contribution is -2.44. The highest BCUT2D eigenvalue weighted by Crippen LogP contribution is 2.23. The van der Waals surface area contributed by atoms with E-state index in [0.717, 1.165) is 5.71 Å². The summed E-state index contributed by atoms with van der Waals surface area (Å²) in [5.41, 5.74) is -0.128. The molecule has 1 aromatic rings. The first-order valence-electron chi connectivity index (χ1n) is 5.85. The van der Waals surface area contributed by atoms with Crippen LogP contribution in [0.5, 0.6) is 0 Å². The summed E-state index contributed by atoms with van der Waals surface area (Å²) in [5.74, 6) is 0.778. The fourth-order valence-corrected chi connectivity index (χ4v) is 1.70. The number of carbonyl (C=O) groups excluding carboxylic acids is 1. The molecule has 0 aliphatic carbocycles. The summed E-state index contributed by atoms with van der Waals surface area (Å²) >= 11 is 0. The molecule has 1 atom stereocenters. The molecule has 2 heterocycles. The highest BCUT2D eigenvalue weighted by molar-refractivity contribution is 5.94. The van der Waals surface area contributed by atoms with E-state index in [-0.39, 0.29) is 12.5 Å². The van der Waals surface area contributed by atoms with E-state index < -0.39 is 5.60 Å². The number of amides is 1. The van der Waals surface area contributed by atoms with Crippen molar-refractivity contribution in [3.05, 3.63) is 11.7 Å². The summed E-state index contributed by atoms with van der Waals surface area (Å²) < 4.78 is 4.98. The lowest BCUT2D eigenvalue weighted by Gasteiger charge is -2.19. The van der Waals surface area contributed by atoms with Crippen LogP contribution in [0.3, 0.4) is 0 Å². The Morgan fingerprint density at radius 1 is 1.56 bits per heavy atom. The molecule has 7 heteroatoms. The average Bonchev–Trinajstić information content (AvgIpc) is 2.94. The molecule has 0 saturated heterocycles. The topological polar surface area (TPSA) is 89.6 Å². The van der Waals surface area contributed by atoms with Gasteiger partial charge in [-0.2, -0.15) is 4.98 Å².